The molecule has 138 valence electrons. The molecule has 27 heavy (non-hydrogen) atoms. The normalized spacial score (nSPS) is 16.6. The van der Waals surface area contributed by atoms with Gasteiger partial charge in [-0.1, -0.05) is 0 Å². The average molecular weight is 372 g/mol. The Hall–Kier alpha value is -3.40. The molecule has 1 atom stereocenters. The summed E-state index contributed by atoms with van der Waals surface area (Å²) in [5, 5.41) is 3.94. The number of nitrogens with zero attached hydrogens (tertiary/aromatic N) is 5. The molecule has 1 saturated heterocycles. The van der Waals surface area contributed by atoms with E-state index in [9.17, 15) is 13.6 Å². The van der Waals surface area contributed by atoms with Gasteiger partial charge in [0.1, 0.15) is 30.4 Å². The van der Waals surface area contributed by atoms with Crippen molar-refractivity contribution in [2.45, 2.75) is 6.10 Å². The van der Waals surface area contributed by atoms with Gasteiger partial charge in [-0.15, -0.1) is 0 Å². The van der Waals surface area contributed by atoms with E-state index in [1.807, 2.05) is 0 Å². The summed E-state index contributed by atoms with van der Waals surface area (Å²) < 4.78 is 35.7. The summed E-state index contributed by atoms with van der Waals surface area (Å²) in [4.78, 5) is 21.0. The maximum atomic E-state index is 14.6. The van der Waals surface area contributed by atoms with Gasteiger partial charge in [-0.25, -0.2) is 28.2 Å². The first-order valence-corrected chi connectivity index (χ1v) is 8.05. The number of hydrogen-bond donors (Lipinski definition) is 1. The number of hydrogen-bond acceptors (Lipinski definition) is 6. The average Bonchev–Trinajstić information content (AvgIpc) is 3.31. The van der Waals surface area contributed by atoms with E-state index in [4.69, 9.17) is 10.5 Å². The zero-order valence-corrected chi connectivity index (χ0v) is 13.9. The van der Waals surface area contributed by atoms with Crippen LogP contribution in [0, 0.1) is 11.6 Å². The summed E-state index contributed by atoms with van der Waals surface area (Å²) in [5.41, 5.74) is 5.56. The number of cyclic esters (lactones) is 1. The lowest BCUT2D eigenvalue weighted by Crippen LogP contribution is -2.27. The van der Waals surface area contributed by atoms with E-state index >= 15 is 0 Å². The number of benzene rings is 1. The van der Waals surface area contributed by atoms with Crippen molar-refractivity contribution in [1.82, 2.24) is 19.7 Å². The molecular weight excluding hydrogens is 358 g/mol. The Bertz CT molecular complexity index is 955. The highest BCUT2D eigenvalue weighted by molar-refractivity contribution is 5.90. The second-order valence-electron chi connectivity index (χ2n) is 5.88. The van der Waals surface area contributed by atoms with E-state index in [1.165, 1.54) is 29.6 Å². The molecule has 10 heteroatoms. The summed E-state index contributed by atoms with van der Waals surface area (Å²) in [5.74, 6) is -1.17. The SMILES string of the molecule is NC[C@H]1CN(c2cc(F)c(-c3ccc(-n4cncn4)nc3)c(F)c2)C(=O)O1. The Labute approximate surface area is 152 Å². The number of nitrogens with two attached hydrogens (primary N) is 1. The molecule has 1 aromatic carbocycles. The molecule has 0 bridgehead atoms. The lowest BCUT2D eigenvalue weighted by Gasteiger charge is -2.15. The van der Waals surface area contributed by atoms with Crippen molar-refractivity contribution in [2.24, 2.45) is 5.73 Å². The standard InChI is InChI=1S/C17H14F2N6O2/c18-13-3-11(24-7-12(5-20)27-17(24)26)4-14(19)16(13)10-1-2-15(22-6-10)25-9-21-8-23-25/h1-4,6,8-9,12H,5,7,20H2/t12-/m0/s1. The minimum atomic E-state index is -0.815. The highest BCUT2D eigenvalue weighted by Gasteiger charge is 2.32. The summed E-state index contributed by atoms with van der Waals surface area (Å²) in [7, 11) is 0. The maximum absolute atomic E-state index is 14.6. The molecule has 0 spiro atoms. The van der Waals surface area contributed by atoms with E-state index in [2.05, 4.69) is 15.1 Å². The summed E-state index contributed by atoms with van der Waals surface area (Å²) in [6, 6.07) is 5.27. The third kappa shape index (κ3) is 3.10. The Kier molecular flexibility index (Phi) is 4.24. The van der Waals surface area contributed by atoms with Crippen LogP contribution in [0.1, 0.15) is 0 Å². The molecule has 3 heterocycles. The third-order valence-electron chi connectivity index (χ3n) is 4.17. The second kappa shape index (κ2) is 6.72. The van der Waals surface area contributed by atoms with Crippen LogP contribution in [0.4, 0.5) is 19.3 Å². The molecular formula is C17H14F2N6O2. The van der Waals surface area contributed by atoms with Crippen molar-refractivity contribution in [2.75, 3.05) is 18.0 Å². The lowest BCUT2D eigenvalue weighted by atomic mass is 10.1. The number of pyridine rings is 1. The smallest absolute Gasteiger partial charge is 0.414 e. The van der Waals surface area contributed by atoms with Gasteiger partial charge in [-0.2, -0.15) is 5.10 Å². The summed E-state index contributed by atoms with van der Waals surface area (Å²) >= 11 is 0. The van der Waals surface area contributed by atoms with Crippen LogP contribution in [0.5, 0.6) is 0 Å². The molecule has 1 aliphatic heterocycles. The van der Waals surface area contributed by atoms with Gasteiger partial charge in [0.2, 0.25) is 0 Å². The number of halogens is 2. The van der Waals surface area contributed by atoms with Gasteiger partial charge in [0.15, 0.2) is 5.82 Å². The molecule has 3 aromatic rings. The minimum Gasteiger partial charge on any atom is -0.443 e. The number of aromatic nitrogens is 4. The highest BCUT2D eigenvalue weighted by atomic mass is 19.1. The van der Waals surface area contributed by atoms with E-state index in [0.29, 0.717) is 5.82 Å². The first-order chi connectivity index (χ1) is 13.1. The van der Waals surface area contributed by atoms with Crippen molar-refractivity contribution in [3.05, 3.63) is 54.8 Å². The fourth-order valence-corrected chi connectivity index (χ4v) is 2.84. The van der Waals surface area contributed by atoms with Crippen LogP contribution in [0.3, 0.4) is 0 Å². The number of amides is 1. The van der Waals surface area contributed by atoms with E-state index < -0.39 is 23.8 Å². The molecule has 1 amide bonds. The van der Waals surface area contributed by atoms with Crippen molar-refractivity contribution in [1.29, 1.82) is 0 Å². The van der Waals surface area contributed by atoms with Crippen LogP contribution >= 0.6 is 0 Å². The van der Waals surface area contributed by atoms with Crippen LogP contribution in [0.25, 0.3) is 16.9 Å². The Morgan fingerprint density at radius 1 is 1.26 bits per heavy atom. The molecule has 4 rings (SSSR count). The number of rotatable bonds is 4. The molecule has 1 fully saturated rings. The Morgan fingerprint density at radius 3 is 2.59 bits per heavy atom. The minimum absolute atomic E-state index is 0.0712. The van der Waals surface area contributed by atoms with Crippen molar-refractivity contribution in [3.8, 4) is 16.9 Å². The quantitative estimate of drug-likeness (QED) is 0.751. The van der Waals surface area contributed by atoms with Gasteiger partial charge in [0.05, 0.1) is 17.8 Å². The molecule has 0 unspecified atom stereocenters. The largest absolute Gasteiger partial charge is 0.443 e. The molecule has 8 nitrogen and oxygen atoms in total. The fourth-order valence-electron chi connectivity index (χ4n) is 2.84. The van der Waals surface area contributed by atoms with Crippen LogP contribution < -0.4 is 10.6 Å². The van der Waals surface area contributed by atoms with Crippen molar-refractivity contribution < 1.29 is 18.3 Å². The van der Waals surface area contributed by atoms with Crippen molar-refractivity contribution >= 4 is 11.8 Å². The van der Waals surface area contributed by atoms with Gasteiger partial charge in [-0.05, 0) is 24.3 Å². The highest BCUT2D eigenvalue weighted by Crippen LogP contribution is 2.31. The molecule has 0 saturated carbocycles. The van der Waals surface area contributed by atoms with Gasteiger partial charge in [0, 0.05) is 18.3 Å². The van der Waals surface area contributed by atoms with Crippen molar-refractivity contribution in [3.63, 3.8) is 0 Å². The summed E-state index contributed by atoms with van der Waals surface area (Å²) in [6.07, 6.45) is 2.97. The molecule has 2 N–H and O–H groups in total. The zero-order chi connectivity index (χ0) is 19.0. The summed E-state index contributed by atoms with van der Waals surface area (Å²) in [6.45, 7) is 0.275. The second-order valence-corrected chi connectivity index (χ2v) is 5.88. The Balaban J connectivity index is 1.65. The molecule has 1 aliphatic rings. The number of anilines is 1. The first-order valence-electron chi connectivity index (χ1n) is 8.05. The van der Waals surface area contributed by atoms with Gasteiger partial charge in [-0.3, -0.25) is 4.90 Å². The van der Waals surface area contributed by atoms with Gasteiger partial charge >= 0.3 is 6.09 Å². The monoisotopic (exact) mass is 372 g/mol. The third-order valence-corrected chi connectivity index (χ3v) is 4.17. The fraction of sp³-hybridized carbons (Fsp3) is 0.176. The number of ether oxygens (including phenoxy) is 1. The molecule has 0 radical (unpaired) electrons. The van der Waals surface area contributed by atoms with E-state index in [-0.39, 0.29) is 29.9 Å². The topological polar surface area (TPSA) is 99.2 Å². The van der Waals surface area contributed by atoms with Crippen LogP contribution in [-0.2, 0) is 4.74 Å². The first kappa shape index (κ1) is 17.0. The van der Waals surface area contributed by atoms with Crippen LogP contribution in [0.2, 0.25) is 0 Å². The Morgan fingerprint density at radius 2 is 2.04 bits per heavy atom. The lowest BCUT2D eigenvalue weighted by molar-refractivity contribution is 0.145. The van der Waals surface area contributed by atoms with E-state index in [0.717, 1.165) is 17.0 Å². The molecule has 0 aliphatic carbocycles. The van der Waals surface area contributed by atoms with E-state index in [1.54, 1.807) is 6.07 Å². The predicted octanol–water partition coefficient (Wildman–Crippen LogP) is 1.89. The number of carbonyl (C=O) groups is 1. The van der Waals surface area contributed by atoms with Crippen LogP contribution in [-0.4, -0.2) is 45.0 Å². The number of carbonyl (C=O) groups excluding carboxylic acids is 1. The van der Waals surface area contributed by atoms with Gasteiger partial charge in [0.25, 0.3) is 0 Å². The van der Waals surface area contributed by atoms with Gasteiger partial charge < -0.3 is 10.5 Å². The van der Waals surface area contributed by atoms with Crippen LogP contribution in [0.15, 0.2) is 43.1 Å². The maximum Gasteiger partial charge on any atom is 0.414 e. The predicted molar refractivity (Wildman–Crippen MR) is 91.2 cm³/mol. The zero-order valence-electron chi connectivity index (χ0n) is 13.9. The molecule has 2 aromatic heterocycles.